The molecule has 0 aliphatic heterocycles. The Kier molecular flexibility index (Phi) is 5.49. The topological polar surface area (TPSA) is 70.6 Å². The van der Waals surface area contributed by atoms with Crippen molar-refractivity contribution in [1.29, 1.82) is 0 Å². The van der Waals surface area contributed by atoms with Crippen LogP contribution in [-0.2, 0) is 6.42 Å². The molecule has 0 bridgehead atoms. The number of amidine groups is 1. The van der Waals surface area contributed by atoms with Gasteiger partial charge in [-0.1, -0.05) is 35.5 Å². The summed E-state index contributed by atoms with van der Waals surface area (Å²) in [4.78, 5) is 0. The van der Waals surface area contributed by atoms with Crippen molar-refractivity contribution >= 4 is 5.84 Å². The fourth-order valence-corrected chi connectivity index (χ4v) is 1.93. The Morgan fingerprint density at radius 2 is 1.94 bits per heavy atom. The van der Waals surface area contributed by atoms with Crippen molar-refractivity contribution in [3.63, 3.8) is 0 Å². The minimum Gasteiger partial charge on any atom is -0.409 e. The van der Waals surface area contributed by atoms with Gasteiger partial charge in [-0.05, 0) is 25.8 Å². The first kappa shape index (κ1) is 13.5. The van der Waals surface area contributed by atoms with Crippen LogP contribution in [0.5, 0.6) is 0 Å². The lowest BCUT2D eigenvalue weighted by atomic mass is 10.1. The van der Waals surface area contributed by atoms with Gasteiger partial charge >= 0.3 is 0 Å². The van der Waals surface area contributed by atoms with E-state index in [1.54, 1.807) is 0 Å². The highest BCUT2D eigenvalue weighted by atomic mass is 16.4. The molecule has 1 rings (SSSR count). The van der Waals surface area contributed by atoms with Gasteiger partial charge in [0.1, 0.15) is 5.84 Å². The van der Waals surface area contributed by atoms with Crippen molar-refractivity contribution in [3.8, 4) is 0 Å². The van der Waals surface area contributed by atoms with Gasteiger partial charge in [-0.2, -0.15) is 0 Å². The van der Waals surface area contributed by atoms with Crippen molar-refractivity contribution in [2.45, 2.75) is 38.8 Å². The van der Waals surface area contributed by atoms with Crippen LogP contribution in [0.4, 0.5) is 0 Å². The van der Waals surface area contributed by atoms with Gasteiger partial charge in [0.25, 0.3) is 0 Å². The van der Waals surface area contributed by atoms with Crippen LogP contribution in [0.15, 0.2) is 35.5 Å². The summed E-state index contributed by atoms with van der Waals surface area (Å²) >= 11 is 0. The number of nitrogens with zero attached hydrogens (tertiary/aromatic N) is 1. The molecule has 1 aromatic carbocycles. The molecule has 1 aromatic rings. The van der Waals surface area contributed by atoms with Crippen molar-refractivity contribution in [2.75, 3.05) is 0 Å². The molecule has 0 aliphatic carbocycles. The fraction of sp³-hybridized carbons (Fsp3) is 0.462. The Morgan fingerprint density at radius 1 is 1.29 bits per heavy atom. The smallest absolute Gasteiger partial charge is 0.140 e. The zero-order chi connectivity index (χ0) is 12.7. The molecule has 0 saturated heterocycles. The molecule has 0 aliphatic rings. The third-order valence-corrected chi connectivity index (χ3v) is 2.60. The molecule has 94 valence electrons. The molecular formula is C13H21N3O. The van der Waals surface area contributed by atoms with E-state index in [-0.39, 0.29) is 11.9 Å². The van der Waals surface area contributed by atoms with E-state index in [1.165, 1.54) is 5.56 Å². The number of rotatable bonds is 6. The third-order valence-electron chi connectivity index (χ3n) is 2.60. The summed E-state index contributed by atoms with van der Waals surface area (Å²) in [7, 11) is 0. The van der Waals surface area contributed by atoms with E-state index in [0.717, 1.165) is 6.42 Å². The van der Waals surface area contributed by atoms with E-state index in [2.05, 4.69) is 29.5 Å². The maximum absolute atomic E-state index is 8.49. The van der Waals surface area contributed by atoms with Crippen molar-refractivity contribution in [3.05, 3.63) is 35.9 Å². The molecule has 0 radical (unpaired) electrons. The van der Waals surface area contributed by atoms with Crippen LogP contribution in [0.25, 0.3) is 0 Å². The van der Waals surface area contributed by atoms with Gasteiger partial charge in [0.15, 0.2) is 0 Å². The van der Waals surface area contributed by atoms with Crippen molar-refractivity contribution in [2.24, 2.45) is 10.9 Å². The zero-order valence-corrected chi connectivity index (χ0v) is 10.4. The van der Waals surface area contributed by atoms with Crippen molar-refractivity contribution in [1.82, 2.24) is 5.32 Å². The molecule has 0 fully saturated rings. The standard InChI is InChI=1S/C13H21N3O/c1-10(8-12-6-4-3-5-7-12)15-11(2)9-13(14)16-17/h3-7,10-11,15,17H,8-9H2,1-2H3,(H2,14,16). The Morgan fingerprint density at radius 3 is 2.53 bits per heavy atom. The number of hydrogen-bond donors (Lipinski definition) is 3. The lowest BCUT2D eigenvalue weighted by Crippen LogP contribution is -2.38. The Labute approximate surface area is 103 Å². The first-order valence-corrected chi connectivity index (χ1v) is 5.88. The van der Waals surface area contributed by atoms with Gasteiger partial charge in [0.05, 0.1) is 0 Å². The summed E-state index contributed by atoms with van der Waals surface area (Å²) in [5, 5.41) is 14.9. The van der Waals surface area contributed by atoms with Crippen LogP contribution >= 0.6 is 0 Å². The lowest BCUT2D eigenvalue weighted by Gasteiger charge is -2.19. The van der Waals surface area contributed by atoms with Crippen LogP contribution in [-0.4, -0.2) is 23.1 Å². The molecular weight excluding hydrogens is 214 g/mol. The second kappa shape index (κ2) is 6.91. The van der Waals surface area contributed by atoms with Crippen molar-refractivity contribution < 1.29 is 5.21 Å². The zero-order valence-electron chi connectivity index (χ0n) is 10.4. The van der Waals surface area contributed by atoms with E-state index in [4.69, 9.17) is 10.9 Å². The van der Waals surface area contributed by atoms with Gasteiger partial charge in [0, 0.05) is 18.5 Å². The first-order valence-electron chi connectivity index (χ1n) is 5.88. The number of nitrogens with one attached hydrogen (secondary N) is 1. The van der Waals surface area contributed by atoms with Gasteiger partial charge in [-0.3, -0.25) is 0 Å². The number of oxime groups is 1. The molecule has 0 heterocycles. The molecule has 4 N–H and O–H groups in total. The van der Waals surface area contributed by atoms with E-state index >= 15 is 0 Å². The largest absolute Gasteiger partial charge is 0.409 e. The molecule has 0 spiro atoms. The quantitative estimate of drug-likeness (QED) is 0.304. The van der Waals surface area contributed by atoms with E-state index < -0.39 is 0 Å². The van der Waals surface area contributed by atoms with Gasteiger partial charge in [-0.25, -0.2) is 0 Å². The first-order chi connectivity index (χ1) is 8.11. The Bertz CT molecular complexity index is 351. The summed E-state index contributed by atoms with van der Waals surface area (Å²) in [5.74, 6) is 0.261. The average Bonchev–Trinajstić information content (AvgIpc) is 2.29. The SMILES string of the molecule is CC(CC(N)=NO)NC(C)Cc1ccccc1. The molecule has 0 amide bonds. The highest BCUT2D eigenvalue weighted by molar-refractivity contribution is 5.80. The normalized spacial score (nSPS) is 15.5. The number of nitrogens with two attached hydrogens (primary N) is 1. The monoisotopic (exact) mass is 235 g/mol. The maximum Gasteiger partial charge on any atom is 0.140 e. The second-order valence-corrected chi connectivity index (χ2v) is 4.45. The van der Waals surface area contributed by atoms with E-state index in [9.17, 15) is 0 Å². The van der Waals surface area contributed by atoms with Crippen LogP contribution in [0, 0.1) is 0 Å². The minimum atomic E-state index is 0.199. The molecule has 0 saturated carbocycles. The molecule has 17 heavy (non-hydrogen) atoms. The van der Waals surface area contributed by atoms with Crippen LogP contribution in [0.2, 0.25) is 0 Å². The van der Waals surface area contributed by atoms with E-state index in [1.807, 2.05) is 25.1 Å². The minimum absolute atomic E-state index is 0.199. The molecule has 4 heteroatoms. The lowest BCUT2D eigenvalue weighted by molar-refractivity contribution is 0.315. The summed E-state index contributed by atoms with van der Waals surface area (Å²) in [6.07, 6.45) is 1.52. The van der Waals surface area contributed by atoms with E-state index in [0.29, 0.717) is 12.5 Å². The molecule has 2 unspecified atom stereocenters. The summed E-state index contributed by atoms with van der Waals surface area (Å²) < 4.78 is 0. The van der Waals surface area contributed by atoms with Crippen LogP contribution in [0.3, 0.4) is 0 Å². The predicted octanol–water partition coefficient (Wildman–Crippen LogP) is 1.73. The van der Waals surface area contributed by atoms with Crippen LogP contribution in [0.1, 0.15) is 25.8 Å². The highest BCUT2D eigenvalue weighted by Gasteiger charge is 2.09. The average molecular weight is 235 g/mol. The highest BCUT2D eigenvalue weighted by Crippen LogP contribution is 2.04. The Balaban J connectivity index is 2.37. The molecule has 0 aromatic heterocycles. The summed E-state index contributed by atoms with van der Waals surface area (Å²) in [6, 6.07) is 10.9. The number of benzene rings is 1. The summed E-state index contributed by atoms with van der Waals surface area (Å²) in [6.45, 7) is 4.16. The van der Waals surface area contributed by atoms with Gasteiger partial charge in [-0.15, -0.1) is 0 Å². The fourth-order valence-electron chi connectivity index (χ4n) is 1.93. The Hall–Kier alpha value is -1.55. The third kappa shape index (κ3) is 5.36. The van der Waals surface area contributed by atoms with Crippen LogP contribution < -0.4 is 11.1 Å². The predicted molar refractivity (Wildman–Crippen MR) is 70.2 cm³/mol. The molecule has 2 atom stereocenters. The van der Waals surface area contributed by atoms with Gasteiger partial charge < -0.3 is 16.3 Å². The van der Waals surface area contributed by atoms with Gasteiger partial charge in [0.2, 0.25) is 0 Å². The molecule has 4 nitrogen and oxygen atoms in total. The number of hydrogen-bond acceptors (Lipinski definition) is 3. The second-order valence-electron chi connectivity index (χ2n) is 4.45. The summed E-state index contributed by atoms with van der Waals surface area (Å²) in [5.41, 5.74) is 6.77. The maximum atomic E-state index is 8.49.